The van der Waals surface area contributed by atoms with Gasteiger partial charge >= 0.3 is 0 Å². The minimum absolute atomic E-state index is 0.526. The summed E-state index contributed by atoms with van der Waals surface area (Å²) in [5.41, 5.74) is 4.08. The van der Waals surface area contributed by atoms with E-state index in [2.05, 4.69) is 83.9 Å². The van der Waals surface area contributed by atoms with Crippen LogP contribution in [0.15, 0.2) is 54.6 Å². The molecule has 0 amide bonds. The van der Waals surface area contributed by atoms with Crippen LogP contribution in [0.5, 0.6) is 0 Å². The van der Waals surface area contributed by atoms with Crippen molar-refractivity contribution in [1.82, 2.24) is 4.90 Å². The molecule has 22 heavy (non-hydrogen) atoms. The molecule has 0 bridgehead atoms. The second-order valence-corrected chi connectivity index (χ2v) is 6.37. The van der Waals surface area contributed by atoms with Gasteiger partial charge in [0.2, 0.25) is 0 Å². The Morgan fingerprint density at radius 1 is 1.00 bits per heavy atom. The van der Waals surface area contributed by atoms with Crippen molar-refractivity contribution in [3.8, 4) is 0 Å². The first kappa shape index (κ1) is 15.4. The van der Waals surface area contributed by atoms with Crippen LogP contribution in [-0.2, 0) is 12.3 Å². The zero-order valence-corrected chi connectivity index (χ0v) is 14.0. The maximum absolute atomic E-state index is 4.48. The molecule has 0 saturated carbocycles. The first-order chi connectivity index (χ1) is 10.8. The fourth-order valence-electron chi connectivity index (χ4n) is 3.30. The smallest absolute Gasteiger partial charge is 0.0410 e. The lowest BCUT2D eigenvalue weighted by atomic mass is 10.1. The van der Waals surface area contributed by atoms with Gasteiger partial charge in [-0.15, -0.1) is 0 Å². The van der Waals surface area contributed by atoms with Crippen LogP contribution in [-0.4, -0.2) is 30.6 Å². The van der Waals surface area contributed by atoms with Gasteiger partial charge in [-0.2, -0.15) is 12.6 Å². The Bertz CT molecular complexity index is 599. The summed E-state index contributed by atoms with van der Waals surface area (Å²) in [4.78, 5) is 5.09. The van der Waals surface area contributed by atoms with E-state index in [4.69, 9.17) is 0 Å². The molecule has 3 rings (SSSR count). The molecule has 1 fully saturated rings. The van der Waals surface area contributed by atoms with Crippen molar-refractivity contribution < 1.29 is 0 Å². The predicted molar refractivity (Wildman–Crippen MR) is 97.7 cm³/mol. The van der Waals surface area contributed by atoms with E-state index in [1.54, 1.807) is 0 Å². The fraction of sp³-hybridized carbons (Fsp3) is 0.368. The van der Waals surface area contributed by atoms with Crippen molar-refractivity contribution in [2.24, 2.45) is 0 Å². The summed E-state index contributed by atoms with van der Waals surface area (Å²) < 4.78 is 0. The highest BCUT2D eigenvalue weighted by atomic mass is 32.1. The number of para-hydroxylation sites is 1. The van der Waals surface area contributed by atoms with Crippen molar-refractivity contribution in [3.63, 3.8) is 0 Å². The first-order valence-electron chi connectivity index (χ1n) is 7.99. The Morgan fingerprint density at radius 2 is 1.73 bits per heavy atom. The van der Waals surface area contributed by atoms with Crippen LogP contribution in [0.25, 0.3) is 0 Å². The molecule has 1 atom stereocenters. The number of thiol groups is 1. The van der Waals surface area contributed by atoms with E-state index in [0.29, 0.717) is 6.04 Å². The number of anilines is 1. The molecule has 0 aliphatic carbocycles. The number of hydrogen-bond acceptors (Lipinski definition) is 3. The average Bonchev–Trinajstić information content (AvgIpc) is 2.56. The van der Waals surface area contributed by atoms with E-state index in [0.717, 1.165) is 31.9 Å². The minimum atomic E-state index is 0.526. The summed E-state index contributed by atoms with van der Waals surface area (Å²) in [6.07, 6.45) is 0. The summed E-state index contributed by atoms with van der Waals surface area (Å²) in [5, 5.41) is 0. The van der Waals surface area contributed by atoms with E-state index >= 15 is 0 Å². The van der Waals surface area contributed by atoms with Crippen LogP contribution in [0.4, 0.5) is 5.69 Å². The topological polar surface area (TPSA) is 6.48 Å². The van der Waals surface area contributed by atoms with Crippen molar-refractivity contribution in [2.75, 3.05) is 24.5 Å². The number of benzene rings is 2. The van der Waals surface area contributed by atoms with Crippen LogP contribution >= 0.6 is 12.6 Å². The van der Waals surface area contributed by atoms with E-state index in [9.17, 15) is 0 Å². The number of hydrogen-bond donors (Lipinski definition) is 1. The molecule has 0 aromatic heterocycles. The van der Waals surface area contributed by atoms with Gasteiger partial charge in [0.1, 0.15) is 0 Å². The number of nitrogens with zero attached hydrogens (tertiary/aromatic N) is 2. The second-order valence-electron chi connectivity index (χ2n) is 6.05. The maximum atomic E-state index is 4.48. The Morgan fingerprint density at radius 3 is 2.45 bits per heavy atom. The monoisotopic (exact) mass is 312 g/mol. The summed E-state index contributed by atoms with van der Waals surface area (Å²) in [6, 6.07) is 19.9. The number of piperazine rings is 1. The Balaban J connectivity index is 1.67. The minimum Gasteiger partial charge on any atom is -0.366 e. The quantitative estimate of drug-likeness (QED) is 0.857. The van der Waals surface area contributed by atoms with Crippen molar-refractivity contribution in [2.45, 2.75) is 25.3 Å². The van der Waals surface area contributed by atoms with Gasteiger partial charge in [0.15, 0.2) is 0 Å². The summed E-state index contributed by atoms with van der Waals surface area (Å²) in [7, 11) is 0. The fourth-order valence-corrected chi connectivity index (χ4v) is 3.57. The highest BCUT2D eigenvalue weighted by Crippen LogP contribution is 2.26. The highest BCUT2D eigenvalue weighted by Gasteiger charge is 2.24. The second kappa shape index (κ2) is 7.21. The van der Waals surface area contributed by atoms with Crippen LogP contribution in [0.3, 0.4) is 0 Å². The molecule has 3 heteroatoms. The molecule has 2 nitrogen and oxygen atoms in total. The van der Waals surface area contributed by atoms with Gasteiger partial charge in [-0.25, -0.2) is 0 Å². The van der Waals surface area contributed by atoms with Gasteiger partial charge < -0.3 is 4.90 Å². The predicted octanol–water partition coefficient (Wildman–Crippen LogP) is 3.83. The van der Waals surface area contributed by atoms with Gasteiger partial charge in [-0.1, -0.05) is 48.5 Å². The van der Waals surface area contributed by atoms with Crippen molar-refractivity contribution >= 4 is 18.3 Å². The lowest BCUT2D eigenvalue weighted by Gasteiger charge is -2.42. The third kappa shape index (κ3) is 3.47. The Kier molecular flexibility index (Phi) is 5.06. The molecule has 1 saturated heterocycles. The Hall–Kier alpha value is -1.45. The van der Waals surface area contributed by atoms with Crippen LogP contribution in [0, 0.1) is 0 Å². The summed E-state index contributed by atoms with van der Waals surface area (Å²) in [5.74, 6) is 0.799. The molecule has 2 aromatic carbocycles. The highest BCUT2D eigenvalue weighted by molar-refractivity contribution is 7.79. The molecule has 1 aliphatic rings. The average molecular weight is 312 g/mol. The van der Waals surface area contributed by atoms with Crippen molar-refractivity contribution in [1.29, 1.82) is 0 Å². The van der Waals surface area contributed by atoms with Gasteiger partial charge in [0, 0.05) is 43.7 Å². The SMILES string of the molecule is C[C@@H]1CN(Cc2ccccc2)CCN1c1ccccc1CS. The standard InChI is InChI=1S/C19H24N2S/c1-16-13-20(14-17-7-3-2-4-8-17)11-12-21(16)19-10-6-5-9-18(19)15-22/h2-10,16,22H,11-15H2,1H3/t16-/m1/s1. The van der Waals surface area contributed by atoms with Crippen molar-refractivity contribution in [3.05, 3.63) is 65.7 Å². The van der Waals surface area contributed by atoms with E-state index in [1.807, 2.05) is 0 Å². The molecule has 0 radical (unpaired) electrons. The Labute approximate surface area is 139 Å². The summed E-state index contributed by atoms with van der Waals surface area (Å²) in [6.45, 7) is 6.68. The van der Waals surface area contributed by atoms with Gasteiger partial charge in [0.25, 0.3) is 0 Å². The zero-order valence-electron chi connectivity index (χ0n) is 13.2. The maximum Gasteiger partial charge on any atom is 0.0410 e. The molecule has 116 valence electrons. The number of rotatable bonds is 4. The normalized spacial score (nSPS) is 19.4. The zero-order chi connectivity index (χ0) is 15.4. The first-order valence-corrected chi connectivity index (χ1v) is 8.63. The lowest BCUT2D eigenvalue weighted by Crippen LogP contribution is -2.51. The molecule has 0 spiro atoms. The molecule has 1 aliphatic heterocycles. The third-order valence-corrected chi connectivity index (χ3v) is 4.77. The van der Waals surface area contributed by atoms with E-state index in [1.165, 1.54) is 16.8 Å². The van der Waals surface area contributed by atoms with E-state index < -0.39 is 0 Å². The lowest BCUT2D eigenvalue weighted by molar-refractivity contribution is 0.221. The molecular weight excluding hydrogens is 288 g/mol. The van der Waals surface area contributed by atoms with Gasteiger partial charge in [0.05, 0.1) is 0 Å². The van der Waals surface area contributed by atoms with Crippen LogP contribution < -0.4 is 4.90 Å². The molecule has 1 heterocycles. The molecular formula is C19H24N2S. The van der Waals surface area contributed by atoms with Gasteiger partial charge in [-0.3, -0.25) is 4.90 Å². The summed E-state index contributed by atoms with van der Waals surface area (Å²) >= 11 is 4.48. The molecule has 0 unspecified atom stereocenters. The van der Waals surface area contributed by atoms with Crippen LogP contribution in [0.2, 0.25) is 0 Å². The van der Waals surface area contributed by atoms with Crippen LogP contribution in [0.1, 0.15) is 18.1 Å². The molecule has 0 N–H and O–H groups in total. The largest absolute Gasteiger partial charge is 0.366 e. The third-order valence-electron chi connectivity index (χ3n) is 4.43. The van der Waals surface area contributed by atoms with Gasteiger partial charge in [-0.05, 0) is 24.1 Å². The molecule has 2 aromatic rings. The van der Waals surface area contributed by atoms with E-state index in [-0.39, 0.29) is 0 Å².